The Bertz CT molecular complexity index is 812. The monoisotopic (exact) mass is 311 g/mol. The minimum absolute atomic E-state index is 0.206. The third-order valence-electron chi connectivity index (χ3n) is 3.19. The van der Waals surface area contributed by atoms with Gasteiger partial charge in [-0.1, -0.05) is 34.7 Å². The topological polar surface area (TPSA) is 76.6 Å². The van der Waals surface area contributed by atoms with E-state index in [1.807, 2.05) is 50.2 Å². The van der Waals surface area contributed by atoms with Gasteiger partial charge in [-0.3, -0.25) is 0 Å². The molecule has 7 heteroatoms. The molecule has 0 atom stereocenters. The average Bonchev–Trinajstić information content (AvgIpc) is 3.09. The molecule has 0 unspecified atom stereocenters. The molecule has 0 aliphatic rings. The van der Waals surface area contributed by atoms with Crippen LogP contribution in [0.1, 0.15) is 22.0 Å². The van der Waals surface area contributed by atoms with E-state index in [-0.39, 0.29) is 12.3 Å². The van der Waals surface area contributed by atoms with Crippen LogP contribution in [-0.2, 0) is 6.61 Å². The van der Waals surface area contributed by atoms with E-state index in [0.29, 0.717) is 10.8 Å². The van der Waals surface area contributed by atoms with Crippen LogP contribution in [-0.4, -0.2) is 20.0 Å². The molecule has 0 saturated heterocycles. The molecule has 0 N–H and O–H groups in total. The van der Waals surface area contributed by atoms with Crippen molar-refractivity contribution in [1.29, 1.82) is 5.26 Å². The molecule has 1 aromatic carbocycles. The lowest BCUT2D eigenvalue weighted by Crippen LogP contribution is -2.07. The van der Waals surface area contributed by atoms with Gasteiger partial charge < -0.3 is 4.74 Å². The van der Waals surface area contributed by atoms with Crippen molar-refractivity contribution in [2.75, 3.05) is 0 Å². The van der Waals surface area contributed by atoms with Crippen molar-refractivity contribution in [3.05, 3.63) is 52.3 Å². The van der Waals surface area contributed by atoms with Crippen LogP contribution >= 0.6 is 11.3 Å². The quantitative estimate of drug-likeness (QED) is 0.740. The fourth-order valence-electron chi connectivity index (χ4n) is 1.89. The van der Waals surface area contributed by atoms with Gasteiger partial charge in [0.1, 0.15) is 24.1 Å². The first-order chi connectivity index (χ1) is 10.7. The zero-order valence-corrected chi connectivity index (χ0v) is 13.0. The Morgan fingerprint density at radius 1 is 1.27 bits per heavy atom. The third kappa shape index (κ3) is 2.69. The molecule has 6 nitrogen and oxygen atoms in total. The second-order valence-electron chi connectivity index (χ2n) is 4.65. The summed E-state index contributed by atoms with van der Waals surface area (Å²) in [5.74, 6) is 0.727. The Morgan fingerprint density at radius 3 is 2.68 bits per heavy atom. The number of nitriles is 1. The van der Waals surface area contributed by atoms with Gasteiger partial charge in [0, 0.05) is 4.88 Å². The number of hydrogen-bond donors (Lipinski definition) is 0. The summed E-state index contributed by atoms with van der Waals surface area (Å²) in [5.41, 5.74) is 1.80. The summed E-state index contributed by atoms with van der Waals surface area (Å²) in [4.78, 5) is 5.57. The summed E-state index contributed by atoms with van der Waals surface area (Å²) in [6, 6.07) is 11.5. The smallest absolute Gasteiger partial charge is 0.212 e. The fourth-order valence-corrected chi connectivity index (χ4v) is 2.77. The van der Waals surface area contributed by atoms with E-state index in [0.717, 1.165) is 16.3 Å². The van der Waals surface area contributed by atoms with E-state index < -0.39 is 0 Å². The van der Waals surface area contributed by atoms with Crippen LogP contribution in [0.3, 0.4) is 0 Å². The number of nitrogens with zero attached hydrogens (tertiary/aromatic N) is 5. The Balaban J connectivity index is 1.92. The number of hydrogen-bond acceptors (Lipinski definition) is 6. The zero-order chi connectivity index (χ0) is 15.5. The first-order valence-corrected chi connectivity index (χ1v) is 7.47. The molecule has 0 amide bonds. The van der Waals surface area contributed by atoms with Crippen LogP contribution < -0.4 is 4.74 Å². The second kappa shape index (κ2) is 5.95. The van der Waals surface area contributed by atoms with Gasteiger partial charge in [-0.2, -0.15) is 9.94 Å². The fraction of sp³-hybridized carbons (Fsp3) is 0.200. The van der Waals surface area contributed by atoms with E-state index in [4.69, 9.17) is 4.74 Å². The Labute approximate surface area is 131 Å². The van der Waals surface area contributed by atoms with E-state index in [9.17, 15) is 5.26 Å². The first-order valence-electron chi connectivity index (χ1n) is 6.66. The summed E-state index contributed by atoms with van der Waals surface area (Å²) in [6.07, 6.45) is 0. The highest BCUT2D eigenvalue weighted by molar-refractivity contribution is 7.14. The molecular weight excluding hydrogens is 298 g/mol. The lowest BCUT2D eigenvalue weighted by Gasteiger charge is -2.06. The minimum atomic E-state index is 0.206. The number of benzene rings is 1. The van der Waals surface area contributed by atoms with Crippen LogP contribution in [0.2, 0.25) is 0 Å². The van der Waals surface area contributed by atoms with Crippen molar-refractivity contribution in [3.63, 3.8) is 0 Å². The zero-order valence-electron chi connectivity index (χ0n) is 12.1. The molecular formula is C15H13N5OS. The van der Waals surface area contributed by atoms with Crippen LogP contribution in [0, 0.1) is 25.2 Å². The van der Waals surface area contributed by atoms with Gasteiger partial charge in [-0.05, 0) is 26.0 Å². The van der Waals surface area contributed by atoms with E-state index in [1.165, 1.54) is 11.3 Å². The lowest BCUT2D eigenvalue weighted by atomic mass is 10.3. The van der Waals surface area contributed by atoms with Crippen LogP contribution in [0.5, 0.6) is 5.75 Å². The molecule has 3 rings (SSSR count). The highest BCUT2D eigenvalue weighted by atomic mass is 32.1. The normalized spacial score (nSPS) is 10.4. The summed E-state index contributed by atoms with van der Waals surface area (Å²) >= 11 is 1.51. The second-order valence-corrected chi connectivity index (χ2v) is 5.83. The lowest BCUT2D eigenvalue weighted by molar-refractivity contribution is 0.297. The molecule has 0 aliphatic carbocycles. The summed E-state index contributed by atoms with van der Waals surface area (Å²) in [5, 5.41) is 17.8. The van der Waals surface area contributed by atoms with Gasteiger partial charge in [0.05, 0.1) is 5.69 Å². The number of aryl methyl sites for hydroxylation is 2. The van der Waals surface area contributed by atoms with Crippen molar-refractivity contribution in [2.24, 2.45) is 0 Å². The maximum absolute atomic E-state index is 9.20. The molecule has 110 valence electrons. The summed E-state index contributed by atoms with van der Waals surface area (Å²) < 4.78 is 7.29. The van der Waals surface area contributed by atoms with Crippen LogP contribution in [0.15, 0.2) is 30.3 Å². The number of aromatic nitrogens is 4. The van der Waals surface area contributed by atoms with E-state index >= 15 is 0 Å². The number of ether oxygens (including phenoxy) is 1. The highest BCUT2D eigenvalue weighted by Gasteiger charge is 2.17. The maximum Gasteiger partial charge on any atom is 0.212 e. The highest BCUT2D eigenvalue weighted by Crippen LogP contribution is 2.22. The van der Waals surface area contributed by atoms with Crippen molar-refractivity contribution in [3.8, 4) is 17.0 Å². The van der Waals surface area contributed by atoms with E-state index in [1.54, 1.807) is 4.68 Å². The number of para-hydroxylation sites is 1. The number of thiazole rings is 1. The Hall–Kier alpha value is -2.72. The van der Waals surface area contributed by atoms with Crippen LogP contribution in [0.4, 0.5) is 0 Å². The van der Waals surface area contributed by atoms with Crippen molar-refractivity contribution in [2.45, 2.75) is 20.5 Å². The van der Waals surface area contributed by atoms with Gasteiger partial charge in [-0.25, -0.2) is 4.98 Å². The van der Waals surface area contributed by atoms with Gasteiger partial charge in [0.25, 0.3) is 0 Å². The SMILES string of the molecule is Cc1nc(-n2nnc(C#N)c2COc2ccccc2)sc1C. The summed E-state index contributed by atoms with van der Waals surface area (Å²) in [7, 11) is 0. The molecule has 2 aromatic heterocycles. The molecule has 2 heterocycles. The van der Waals surface area contributed by atoms with Gasteiger partial charge in [0.2, 0.25) is 5.13 Å². The maximum atomic E-state index is 9.20. The molecule has 0 saturated carbocycles. The Morgan fingerprint density at radius 2 is 2.05 bits per heavy atom. The van der Waals surface area contributed by atoms with Crippen molar-refractivity contribution >= 4 is 11.3 Å². The molecule has 3 aromatic rings. The van der Waals surface area contributed by atoms with Gasteiger partial charge >= 0.3 is 0 Å². The first kappa shape index (κ1) is 14.2. The van der Waals surface area contributed by atoms with E-state index in [2.05, 4.69) is 15.3 Å². The number of rotatable bonds is 4. The van der Waals surface area contributed by atoms with Gasteiger partial charge in [0.15, 0.2) is 5.69 Å². The largest absolute Gasteiger partial charge is 0.487 e. The molecule has 0 fully saturated rings. The molecule has 22 heavy (non-hydrogen) atoms. The minimum Gasteiger partial charge on any atom is -0.487 e. The van der Waals surface area contributed by atoms with Crippen molar-refractivity contribution < 1.29 is 4.74 Å². The molecule has 0 radical (unpaired) electrons. The standard InChI is InChI=1S/C15H13N5OS/c1-10-11(2)22-15(17-10)20-14(13(8-16)18-19-20)9-21-12-6-4-3-5-7-12/h3-7H,9H2,1-2H3. The molecule has 0 spiro atoms. The molecule has 0 aliphatic heterocycles. The average molecular weight is 311 g/mol. The summed E-state index contributed by atoms with van der Waals surface area (Å²) in [6.45, 7) is 4.15. The van der Waals surface area contributed by atoms with Gasteiger partial charge in [-0.15, -0.1) is 5.10 Å². The van der Waals surface area contributed by atoms with Crippen LogP contribution in [0.25, 0.3) is 5.13 Å². The predicted molar refractivity (Wildman–Crippen MR) is 82.0 cm³/mol. The predicted octanol–water partition coefficient (Wildman–Crippen LogP) is 2.79. The molecule has 0 bridgehead atoms. The Kier molecular flexibility index (Phi) is 3.85. The third-order valence-corrected chi connectivity index (χ3v) is 4.23. The van der Waals surface area contributed by atoms with Crippen molar-refractivity contribution in [1.82, 2.24) is 20.0 Å².